The van der Waals surface area contributed by atoms with Crippen molar-refractivity contribution in [3.8, 4) is 0 Å². The van der Waals surface area contributed by atoms with E-state index >= 15 is 0 Å². The van der Waals surface area contributed by atoms with Gasteiger partial charge in [-0.2, -0.15) is 0 Å². The molecule has 4 rings (SSSR count). The molecule has 0 aliphatic rings. The average molecular weight is 401 g/mol. The van der Waals surface area contributed by atoms with Gasteiger partial charge in [0.15, 0.2) is 0 Å². The van der Waals surface area contributed by atoms with Gasteiger partial charge in [0.05, 0.1) is 18.4 Å². The summed E-state index contributed by atoms with van der Waals surface area (Å²) in [5.41, 5.74) is 3.27. The molecule has 0 fully saturated rings. The van der Waals surface area contributed by atoms with Crippen molar-refractivity contribution in [2.45, 2.75) is 20.1 Å². The van der Waals surface area contributed by atoms with Crippen LogP contribution in [0.25, 0.3) is 11.7 Å². The maximum atomic E-state index is 12.2. The first-order valence-corrected chi connectivity index (χ1v) is 9.35. The monoisotopic (exact) mass is 401 g/mol. The van der Waals surface area contributed by atoms with Gasteiger partial charge in [0.25, 0.3) is 5.56 Å². The second-order valence-corrected chi connectivity index (χ2v) is 6.79. The molecule has 3 aromatic heterocycles. The lowest BCUT2D eigenvalue weighted by Gasteiger charge is -2.05. The minimum atomic E-state index is -0.557. The number of ether oxygens (including phenoxy) is 1. The SMILES string of the molecule is Cc1ccc2nc(COC(=O)/C=C/c3cn(Cc4ccccc4)nn3)cc(=O)n2c1. The van der Waals surface area contributed by atoms with Crippen LogP contribution in [0.2, 0.25) is 0 Å². The highest BCUT2D eigenvalue weighted by molar-refractivity contribution is 5.86. The minimum Gasteiger partial charge on any atom is -0.456 e. The number of benzene rings is 1. The summed E-state index contributed by atoms with van der Waals surface area (Å²) in [6.45, 7) is 2.40. The Kier molecular flexibility index (Phi) is 5.47. The molecule has 0 spiro atoms. The fourth-order valence-corrected chi connectivity index (χ4v) is 2.92. The van der Waals surface area contributed by atoms with E-state index in [1.54, 1.807) is 23.1 Å². The zero-order chi connectivity index (χ0) is 20.9. The first-order valence-electron chi connectivity index (χ1n) is 9.35. The second-order valence-electron chi connectivity index (χ2n) is 6.79. The van der Waals surface area contributed by atoms with Crippen LogP contribution in [-0.2, 0) is 22.7 Å². The molecule has 0 aliphatic carbocycles. The molecule has 0 amide bonds. The third kappa shape index (κ3) is 4.67. The molecule has 3 heterocycles. The van der Waals surface area contributed by atoms with Crippen molar-refractivity contribution >= 4 is 17.7 Å². The maximum Gasteiger partial charge on any atom is 0.331 e. The van der Waals surface area contributed by atoms with E-state index in [4.69, 9.17) is 4.74 Å². The van der Waals surface area contributed by atoms with Crippen molar-refractivity contribution in [2.75, 3.05) is 0 Å². The van der Waals surface area contributed by atoms with Crippen LogP contribution in [0.3, 0.4) is 0 Å². The lowest BCUT2D eigenvalue weighted by atomic mass is 10.2. The Hall–Kier alpha value is -4.07. The molecule has 0 saturated carbocycles. The number of aryl methyl sites for hydroxylation is 1. The van der Waals surface area contributed by atoms with Crippen LogP contribution in [0.15, 0.2) is 71.8 Å². The number of carbonyl (C=O) groups is 1. The van der Waals surface area contributed by atoms with Crippen molar-refractivity contribution in [2.24, 2.45) is 0 Å². The summed E-state index contributed by atoms with van der Waals surface area (Å²) in [7, 11) is 0. The largest absolute Gasteiger partial charge is 0.456 e. The normalized spacial score (nSPS) is 11.2. The fraction of sp³-hybridized carbons (Fsp3) is 0.136. The van der Waals surface area contributed by atoms with E-state index in [1.165, 1.54) is 22.6 Å². The van der Waals surface area contributed by atoms with Crippen molar-refractivity contribution in [3.63, 3.8) is 0 Å². The number of rotatable bonds is 6. The summed E-state index contributed by atoms with van der Waals surface area (Å²) in [4.78, 5) is 28.5. The van der Waals surface area contributed by atoms with Gasteiger partial charge in [0, 0.05) is 18.3 Å². The van der Waals surface area contributed by atoms with Gasteiger partial charge in [0.2, 0.25) is 0 Å². The van der Waals surface area contributed by atoms with Crippen molar-refractivity contribution in [3.05, 3.63) is 99.9 Å². The summed E-state index contributed by atoms with van der Waals surface area (Å²) in [6.07, 6.45) is 6.26. The Morgan fingerprint density at radius 1 is 1.13 bits per heavy atom. The molecule has 8 nitrogen and oxygen atoms in total. The van der Waals surface area contributed by atoms with Gasteiger partial charge in [-0.15, -0.1) is 5.10 Å². The van der Waals surface area contributed by atoms with Crippen LogP contribution in [-0.4, -0.2) is 30.3 Å². The molecule has 150 valence electrons. The lowest BCUT2D eigenvalue weighted by molar-refractivity contribution is -0.139. The van der Waals surface area contributed by atoms with Crippen LogP contribution >= 0.6 is 0 Å². The first-order chi connectivity index (χ1) is 14.6. The molecule has 30 heavy (non-hydrogen) atoms. The molecule has 0 unspecified atom stereocenters. The number of nitrogens with zero attached hydrogens (tertiary/aromatic N) is 5. The van der Waals surface area contributed by atoms with Crippen molar-refractivity contribution in [1.29, 1.82) is 0 Å². The number of pyridine rings is 1. The summed E-state index contributed by atoms with van der Waals surface area (Å²) in [5.74, 6) is -0.557. The summed E-state index contributed by atoms with van der Waals surface area (Å²) < 4.78 is 8.34. The number of hydrogen-bond acceptors (Lipinski definition) is 6. The molecule has 0 aliphatic heterocycles. The van der Waals surface area contributed by atoms with Crippen molar-refractivity contribution < 1.29 is 9.53 Å². The minimum absolute atomic E-state index is 0.0938. The van der Waals surface area contributed by atoms with Crippen molar-refractivity contribution in [1.82, 2.24) is 24.4 Å². The maximum absolute atomic E-state index is 12.2. The van der Waals surface area contributed by atoms with E-state index < -0.39 is 5.97 Å². The van der Waals surface area contributed by atoms with Crippen LogP contribution in [0.5, 0.6) is 0 Å². The Balaban J connectivity index is 1.36. The van der Waals surface area contributed by atoms with E-state index in [-0.39, 0.29) is 12.2 Å². The molecular formula is C22H19N5O3. The summed E-state index contributed by atoms with van der Waals surface area (Å²) in [6, 6.07) is 14.9. The quantitative estimate of drug-likeness (QED) is 0.364. The predicted molar refractivity (Wildman–Crippen MR) is 111 cm³/mol. The van der Waals surface area contributed by atoms with Gasteiger partial charge in [-0.3, -0.25) is 9.20 Å². The standard InChI is InChI=1S/C22H19N5O3/c1-16-7-9-20-23-19(11-21(28)27(20)12-16)15-30-22(29)10-8-18-14-26(25-24-18)13-17-5-3-2-4-6-17/h2-12,14H,13,15H2,1H3/b10-8+. The Bertz CT molecular complexity index is 1270. The van der Waals surface area contributed by atoms with E-state index in [9.17, 15) is 9.59 Å². The molecule has 0 atom stereocenters. The summed E-state index contributed by atoms with van der Waals surface area (Å²) in [5, 5.41) is 8.06. The van der Waals surface area contributed by atoms with Gasteiger partial charge in [-0.25, -0.2) is 14.5 Å². The third-order valence-electron chi connectivity index (χ3n) is 4.36. The van der Waals surface area contributed by atoms with E-state index in [0.29, 0.717) is 23.6 Å². The van der Waals surface area contributed by atoms with E-state index in [1.807, 2.05) is 43.3 Å². The number of aromatic nitrogens is 5. The average Bonchev–Trinajstić information content (AvgIpc) is 3.19. The second kappa shape index (κ2) is 8.52. The third-order valence-corrected chi connectivity index (χ3v) is 4.36. The Morgan fingerprint density at radius 3 is 2.80 bits per heavy atom. The van der Waals surface area contributed by atoms with Crippen LogP contribution in [0, 0.1) is 6.92 Å². The van der Waals surface area contributed by atoms with Crippen LogP contribution < -0.4 is 5.56 Å². The predicted octanol–water partition coefficient (Wildman–Crippen LogP) is 2.40. The van der Waals surface area contributed by atoms with E-state index in [2.05, 4.69) is 15.3 Å². The topological polar surface area (TPSA) is 91.4 Å². The van der Waals surface area contributed by atoms with Crippen LogP contribution in [0.1, 0.15) is 22.5 Å². The Labute approximate surface area is 172 Å². The molecule has 0 saturated heterocycles. The number of carbonyl (C=O) groups excluding carboxylic acids is 1. The molecule has 0 radical (unpaired) electrons. The number of esters is 1. The van der Waals surface area contributed by atoms with Gasteiger partial charge in [0.1, 0.15) is 17.9 Å². The van der Waals surface area contributed by atoms with Gasteiger partial charge < -0.3 is 4.74 Å². The van der Waals surface area contributed by atoms with Gasteiger partial charge in [-0.1, -0.05) is 41.6 Å². The zero-order valence-corrected chi connectivity index (χ0v) is 16.3. The highest BCUT2D eigenvalue weighted by Gasteiger charge is 2.06. The molecule has 4 aromatic rings. The first kappa shape index (κ1) is 19.3. The molecule has 0 N–H and O–H groups in total. The number of fused-ring (bicyclic) bond motifs is 1. The Morgan fingerprint density at radius 2 is 1.97 bits per heavy atom. The molecule has 0 bridgehead atoms. The lowest BCUT2D eigenvalue weighted by Crippen LogP contribution is -2.16. The summed E-state index contributed by atoms with van der Waals surface area (Å²) >= 11 is 0. The smallest absolute Gasteiger partial charge is 0.331 e. The van der Waals surface area contributed by atoms with Gasteiger partial charge >= 0.3 is 5.97 Å². The van der Waals surface area contributed by atoms with Crippen LogP contribution in [0.4, 0.5) is 0 Å². The zero-order valence-electron chi connectivity index (χ0n) is 16.3. The van der Waals surface area contributed by atoms with Gasteiger partial charge in [-0.05, 0) is 30.2 Å². The highest BCUT2D eigenvalue weighted by Crippen LogP contribution is 2.05. The van der Waals surface area contributed by atoms with E-state index in [0.717, 1.165) is 11.1 Å². The molecular weight excluding hydrogens is 382 g/mol. The number of hydrogen-bond donors (Lipinski definition) is 0. The molecule has 8 heteroatoms. The molecule has 1 aromatic carbocycles. The fourth-order valence-electron chi connectivity index (χ4n) is 2.92. The highest BCUT2D eigenvalue weighted by atomic mass is 16.5.